The summed E-state index contributed by atoms with van der Waals surface area (Å²) < 4.78 is 11.0. The fourth-order valence-corrected chi connectivity index (χ4v) is 5.39. The molecule has 1 aromatic carbocycles. The Morgan fingerprint density at radius 3 is 2.39 bits per heavy atom. The number of esters is 1. The SMILES string of the molecule is COC(=O)[C@H](CO[Si](C)(C)C(C)(C)C)NC(=O)c1csc(-c2ccc(CNC(=O)CCCCCBr)cc2)n1. The molecule has 2 rings (SSSR count). The first-order valence-electron chi connectivity index (χ1n) is 12.8. The summed E-state index contributed by atoms with van der Waals surface area (Å²) in [6, 6.07) is 6.79. The molecule has 0 unspecified atom stereocenters. The van der Waals surface area contributed by atoms with Crippen LogP contribution in [0.2, 0.25) is 18.1 Å². The molecule has 1 heterocycles. The first-order chi connectivity index (χ1) is 17.9. The van der Waals surface area contributed by atoms with Gasteiger partial charge in [-0.15, -0.1) is 11.3 Å². The van der Waals surface area contributed by atoms with Crippen LogP contribution in [0.1, 0.15) is 62.5 Å². The standard InChI is InChI=1S/C27H40BrN3O5SSi/c1-27(2,3)38(5,6)36-17-21(26(34)35-4)30-24(33)22-18-37-25(31-22)20-13-11-19(12-14-20)16-29-23(32)10-8-7-9-15-28/h11-14,18,21H,7-10,15-17H2,1-6H3,(H,29,32)(H,30,33)/t21-/m0/s1. The molecular formula is C27H40BrN3O5SSi. The topological polar surface area (TPSA) is 107 Å². The van der Waals surface area contributed by atoms with Crippen LogP contribution in [0.25, 0.3) is 10.6 Å². The molecular weight excluding hydrogens is 586 g/mol. The number of hydrogen-bond donors (Lipinski definition) is 2. The number of nitrogens with zero attached hydrogens (tertiary/aromatic N) is 1. The second-order valence-electron chi connectivity index (χ2n) is 10.6. The maximum atomic E-state index is 12.9. The number of unbranched alkanes of at least 4 members (excludes halogenated alkanes) is 2. The van der Waals surface area contributed by atoms with Gasteiger partial charge in [-0.25, -0.2) is 9.78 Å². The third-order valence-corrected chi connectivity index (χ3v) is 12.6. The van der Waals surface area contributed by atoms with Gasteiger partial charge in [0.25, 0.3) is 5.91 Å². The number of amides is 2. The lowest BCUT2D eigenvalue weighted by atomic mass is 10.1. The number of alkyl halides is 1. The van der Waals surface area contributed by atoms with Crippen molar-refractivity contribution >= 4 is 53.4 Å². The summed E-state index contributed by atoms with van der Waals surface area (Å²) in [5, 5.41) is 8.95. The van der Waals surface area contributed by atoms with E-state index < -0.39 is 26.2 Å². The van der Waals surface area contributed by atoms with E-state index in [-0.39, 0.29) is 23.2 Å². The molecule has 38 heavy (non-hydrogen) atoms. The number of carbonyl (C=O) groups excluding carboxylic acids is 3. The lowest BCUT2D eigenvalue weighted by Crippen LogP contribution is -2.49. The number of methoxy groups -OCH3 is 1. The highest BCUT2D eigenvalue weighted by Crippen LogP contribution is 2.36. The van der Waals surface area contributed by atoms with E-state index in [4.69, 9.17) is 9.16 Å². The summed E-state index contributed by atoms with van der Waals surface area (Å²) in [6.45, 7) is 11.0. The lowest BCUT2D eigenvalue weighted by Gasteiger charge is -2.37. The van der Waals surface area contributed by atoms with Gasteiger partial charge in [-0.05, 0) is 36.5 Å². The summed E-state index contributed by atoms with van der Waals surface area (Å²) in [6.07, 6.45) is 3.54. The zero-order chi connectivity index (χ0) is 28.3. The maximum absolute atomic E-state index is 12.9. The average molecular weight is 627 g/mol. The molecule has 0 aliphatic carbocycles. The summed E-state index contributed by atoms with van der Waals surface area (Å²) >= 11 is 4.74. The van der Waals surface area contributed by atoms with Crippen molar-refractivity contribution in [3.8, 4) is 10.6 Å². The molecule has 2 amide bonds. The summed E-state index contributed by atoms with van der Waals surface area (Å²) in [5.41, 5.74) is 2.08. The molecule has 2 N–H and O–H groups in total. The second-order valence-corrected chi connectivity index (χ2v) is 17.1. The maximum Gasteiger partial charge on any atom is 0.330 e. The molecule has 11 heteroatoms. The van der Waals surface area contributed by atoms with E-state index in [1.165, 1.54) is 18.4 Å². The van der Waals surface area contributed by atoms with Crippen molar-refractivity contribution in [1.29, 1.82) is 0 Å². The van der Waals surface area contributed by atoms with Gasteiger partial charge in [-0.2, -0.15) is 0 Å². The van der Waals surface area contributed by atoms with Crippen molar-refractivity contribution in [1.82, 2.24) is 15.6 Å². The van der Waals surface area contributed by atoms with Gasteiger partial charge in [0.05, 0.1) is 13.7 Å². The highest BCUT2D eigenvalue weighted by atomic mass is 79.9. The molecule has 0 aliphatic rings. The summed E-state index contributed by atoms with van der Waals surface area (Å²) in [4.78, 5) is 41.7. The fraction of sp³-hybridized carbons (Fsp3) is 0.556. The van der Waals surface area contributed by atoms with Crippen LogP contribution in [0.5, 0.6) is 0 Å². The molecule has 1 aromatic heterocycles. The molecule has 0 aliphatic heterocycles. The van der Waals surface area contributed by atoms with Gasteiger partial charge >= 0.3 is 5.97 Å². The Labute approximate surface area is 239 Å². The molecule has 0 radical (unpaired) electrons. The van der Waals surface area contributed by atoms with E-state index in [1.807, 2.05) is 24.3 Å². The van der Waals surface area contributed by atoms with Gasteiger partial charge in [0.1, 0.15) is 16.7 Å². The molecule has 0 spiro atoms. The largest absolute Gasteiger partial charge is 0.467 e. The van der Waals surface area contributed by atoms with E-state index >= 15 is 0 Å². The predicted molar refractivity (Wildman–Crippen MR) is 158 cm³/mol. The number of thiazole rings is 1. The van der Waals surface area contributed by atoms with Crippen molar-refractivity contribution in [3.63, 3.8) is 0 Å². The Balaban J connectivity index is 1.96. The molecule has 0 bridgehead atoms. The molecule has 1 atom stereocenters. The van der Waals surface area contributed by atoms with Crippen LogP contribution in [0.3, 0.4) is 0 Å². The number of halogens is 1. The Kier molecular flexibility index (Phi) is 12.6. The Morgan fingerprint density at radius 1 is 1.11 bits per heavy atom. The van der Waals surface area contributed by atoms with Crippen LogP contribution in [0, 0.1) is 0 Å². The minimum atomic E-state index is -2.12. The summed E-state index contributed by atoms with van der Waals surface area (Å²) in [7, 11) is -0.833. The Bertz CT molecular complexity index is 1070. The number of benzene rings is 1. The number of aromatic nitrogens is 1. The van der Waals surface area contributed by atoms with Crippen molar-refractivity contribution in [2.24, 2.45) is 0 Å². The van der Waals surface area contributed by atoms with Gasteiger partial charge in [-0.1, -0.05) is 67.4 Å². The predicted octanol–water partition coefficient (Wildman–Crippen LogP) is 5.67. The van der Waals surface area contributed by atoms with Crippen LogP contribution in [0.4, 0.5) is 0 Å². The van der Waals surface area contributed by atoms with E-state index in [9.17, 15) is 14.4 Å². The molecule has 0 saturated carbocycles. The highest BCUT2D eigenvalue weighted by molar-refractivity contribution is 9.09. The van der Waals surface area contributed by atoms with Gasteiger partial charge < -0.3 is 19.8 Å². The van der Waals surface area contributed by atoms with Gasteiger partial charge in [0, 0.05) is 29.2 Å². The van der Waals surface area contributed by atoms with Gasteiger partial charge in [0.2, 0.25) is 5.91 Å². The third-order valence-electron chi connectivity index (χ3n) is 6.67. The smallest absolute Gasteiger partial charge is 0.330 e. The summed E-state index contributed by atoms with van der Waals surface area (Å²) in [5.74, 6) is -0.967. The van der Waals surface area contributed by atoms with Crippen molar-refractivity contribution in [3.05, 3.63) is 40.9 Å². The number of nitrogens with one attached hydrogen (secondary N) is 2. The minimum absolute atomic E-state index is 0.0323. The van der Waals surface area contributed by atoms with Crippen LogP contribution in [0.15, 0.2) is 29.6 Å². The Hall–Kier alpha value is -2.08. The first-order valence-corrected chi connectivity index (χ1v) is 17.7. The van der Waals surface area contributed by atoms with Crippen LogP contribution in [-0.4, -0.2) is 56.2 Å². The second kappa shape index (κ2) is 14.9. The molecule has 0 fully saturated rings. The van der Waals surface area contributed by atoms with E-state index in [2.05, 4.69) is 65.4 Å². The fourth-order valence-electron chi connectivity index (χ4n) is 3.17. The zero-order valence-electron chi connectivity index (χ0n) is 23.2. The van der Waals surface area contributed by atoms with Gasteiger partial charge in [-0.3, -0.25) is 9.59 Å². The monoisotopic (exact) mass is 625 g/mol. The number of rotatable bonds is 14. The first kappa shape index (κ1) is 32.1. The van der Waals surface area contributed by atoms with Crippen LogP contribution in [-0.2, 0) is 25.3 Å². The average Bonchev–Trinajstić information content (AvgIpc) is 3.37. The number of carbonyl (C=O) groups is 3. The van der Waals surface area contributed by atoms with E-state index in [0.717, 1.165) is 35.7 Å². The van der Waals surface area contributed by atoms with E-state index in [1.54, 1.807) is 5.38 Å². The molecule has 210 valence electrons. The minimum Gasteiger partial charge on any atom is -0.467 e. The molecule has 8 nitrogen and oxygen atoms in total. The number of hydrogen-bond acceptors (Lipinski definition) is 7. The highest BCUT2D eigenvalue weighted by Gasteiger charge is 2.38. The van der Waals surface area contributed by atoms with Gasteiger partial charge in [0.15, 0.2) is 8.32 Å². The van der Waals surface area contributed by atoms with Crippen molar-refractivity contribution in [2.75, 3.05) is 19.0 Å². The molecule has 2 aromatic rings. The van der Waals surface area contributed by atoms with Crippen molar-refractivity contribution < 1.29 is 23.5 Å². The molecule has 0 saturated heterocycles. The lowest BCUT2D eigenvalue weighted by molar-refractivity contribution is -0.143. The normalized spacial score (nSPS) is 12.6. The Morgan fingerprint density at radius 2 is 1.79 bits per heavy atom. The number of ether oxygens (including phenoxy) is 1. The van der Waals surface area contributed by atoms with Crippen LogP contribution < -0.4 is 10.6 Å². The van der Waals surface area contributed by atoms with Crippen molar-refractivity contribution in [2.45, 2.75) is 77.2 Å². The zero-order valence-corrected chi connectivity index (χ0v) is 26.6. The third kappa shape index (κ3) is 9.90. The van der Waals surface area contributed by atoms with Crippen LogP contribution >= 0.6 is 27.3 Å². The quantitative estimate of drug-likeness (QED) is 0.121. The van der Waals surface area contributed by atoms with E-state index in [0.29, 0.717) is 18.0 Å².